The molecule has 0 unspecified atom stereocenters. The Bertz CT molecular complexity index is 1110. The number of nitrogens with zero attached hydrogens (tertiary/aromatic N) is 2. The molecule has 1 amide bonds. The SMILES string of the molecule is CNC(=O)c1ccc(Nc2cc(Oc3ccc4c(c3F)C=C(C)C4)ncn2)cc1. The van der Waals surface area contributed by atoms with Gasteiger partial charge in [0, 0.05) is 29.9 Å². The number of benzene rings is 2. The zero-order valence-electron chi connectivity index (χ0n) is 16.0. The highest BCUT2D eigenvalue weighted by molar-refractivity contribution is 5.94. The Labute approximate surface area is 167 Å². The minimum absolute atomic E-state index is 0.120. The molecule has 1 aliphatic carbocycles. The number of aromatic nitrogens is 2. The van der Waals surface area contributed by atoms with Crippen LogP contribution >= 0.6 is 0 Å². The number of carbonyl (C=O) groups is 1. The summed E-state index contributed by atoms with van der Waals surface area (Å²) in [6.07, 6.45) is 3.94. The van der Waals surface area contributed by atoms with Crippen LogP contribution in [0.2, 0.25) is 0 Å². The van der Waals surface area contributed by atoms with E-state index in [0.717, 1.165) is 23.2 Å². The summed E-state index contributed by atoms with van der Waals surface area (Å²) in [6, 6.07) is 12.0. The average molecular weight is 390 g/mol. The van der Waals surface area contributed by atoms with Crippen molar-refractivity contribution >= 4 is 23.5 Å². The van der Waals surface area contributed by atoms with Gasteiger partial charge in [-0.2, -0.15) is 0 Å². The van der Waals surface area contributed by atoms with Gasteiger partial charge in [0.25, 0.3) is 5.91 Å². The lowest BCUT2D eigenvalue weighted by Gasteiger charge is -2.10. The molecule has 3 aromatic rings. The number of fused-ring (bicyclic) bond motifs is 1. The number of anilines is 2. The quantitative estimate of drug-likeness (QED) is 0.672. The number of nitrogens with one attached hydrogen (secondary N) is 2. The second-order valence-electron chi connectivity index (χ2n) is 6.74. The van der Waals surface area contributed by atoms with E-state index in [2.05, 4.69) is 20.6 Å². The van der Waals surface area contributed by atoms with Gasteiger partial charge >= 0.3 is 0 Å². The van der Waals surface area contributed by atoms with E-state index in [0.29, 0.717) is 16.9 Å². The lowest BCUT2D eigenvalue weighted by molar-refractivity contribution is 0.0963. The summed E-state index contributed by atoms with van der Waals surface area (Å²) in [7, 11) is 1.58. The molecule has 0 spiro atoms. The van der Waals surface area contributed by atoms with Crippen molar-refractivity contribution in [2.45, 2.75) is 13.3 Å². The van der Waals surface area contributed by atoms with Crippen molar-refractivity contribution in [1.29, 1.82) is 0 Å². The molecule has 1 aromatic heterocycles. The second kappa shape index (κ2) is 7.71. The minimum atomic E-state index is -0.391. The number of allylic oxidation sites excluding steroid dienone is 1. The number of halogens is 1. The highest BCUT2D eigenvalue weighted by atomic mass is 19.1. The Kier molecular flexibility index (Phi) is 4.95. The molecule has 7 heteroatoms. The fourth-order valence-corrected chi connectivity index (χ4v) is 3.17. The summed E-state index contributed by atoms with van der Waals surface area (Å²) in [5.41, 5.74) is 3.95. The monoisotopic (exact) mass is 390 g/mol. The van der Waals surface area contributed by atoms with Gasteiger partial charge in [-0.15, -0.1) is 0 Å². The highest BCUT2D eigenvalue weighted by Gasteiger charge is 2.18. The van der Waals surface area contributed by atoms with E-state index in [1.165, 1.54) is 6.33 Å². The number of hydrogen-bond donors (Lipinski definition) is 2. The van der Waals surface area contributed by atoms with Crippen LogP contribution in [0.5, 0.6) is 11.6 Å². The summed E-state index contributed by atoms with van der Waals surface area (Å²) in [5.74, 6) is 0.282. The summed E-state index contributed by atoms with van der Waals surface area (Å²) in [4.78, 5) is 19.8. The Hall–Kier alpha value is -3.74. The lowest BCUT2D eigenvalue weighted by atomic mass is 10.1. The second-order valence-corrected chi connectivity index (χ2v) is 6.74. The standard InChI is InChI=1S/C22H19FN4O2/c1-13-9-15-5-8-18(21(23)17(15)10-13)29-20-11-19(25-12-26-20)27-16-6-3-14(4-7-16)22(28)24-2/h3-8,10-12H,9H2,1-2H3,(H,24,28)(H,25,26,27). The topological polar surface area (TPSA) is 76.1 Å². The maximum atomic E-state index is 14.8. The molecule has 0 saturated heterocycles. The fourth-order valence-electron chi connectivity index (χ4n) is 3.17. The predicted molar refractivity (Wildman–Crippen MR) is 109 cm³/mol. The van der Waals surface area contributed by atoms with Gasteiger partial charge in [-0.25, -0.2) is 14.4 Å². The predicted octanol–water partition coefficient (Wildman–Crippen LogP) is 4.47. The van der Waals surface area contributed by atoms with E-state index in [4.69, 9.17) is 4.74 Å². The van der Waals surface area contributed by atoms with Crippen LogP contribution in [-0.2, 0) is 6.42 Å². The first kappa shape index (κ1) is 18.6. The molecule has 0 saturated carbocycles. The molecule has 0 bridgehead atoms. The fraction of sp³-hybridized carbons (Fsp3) is 0.136. The zero-order chi connectivity index (χ0) is 20.4. The van der Waals surface area contributed by atoms with Gasteiger partial charge in [0.1, 0.15) is 12.1 Å². The van der Waals surface area contributed by atoms with Gasteiger partial charge in [-0.05, 0) is 49.2 Å². The zero-order valence-corrected chi connectivity index (χ0v) is 16.0. The van der Waals surface area contributed by atoms with Gasteiger partial charge in [-0.3, -0.25) is 4.79 Å². The van der Waals surface area contributed by atoms with Crippen LogP contribution in [0.3, 0.4) is 0 Å². The third kappa shape index (κ3) is 3.94. The Morgan fingerprint density at radius 3 is 2.69 bits per heavy atom. The van der Waals surface area contributed by atoms with Crippen molar-refractivity contribution in [3.8, 4) is 11.6 Å². The summed E-state index contributed by atoms with van der Waals surface area (Å²) < 4.78 is 20.4. The maximum absolute atomic E-state index is 14.8. The molecule has 29 heavy (non-hydrogen) atoms. The first-order valence-electron chi connectivity index (χ1n) is 9.11. The molecule has 1 aliphatic rings. The molecule has 2 aromatic carbocycles. The van der Waals surface area contributed by atoms with E-state index >= 15 is 0 Å². The Morgan fingerprint density at radius 1 is 1.14 bits per heavy atom. The number of rotatable bonds is 5. The molecule has 6 nitrogen and oxygen atoms in total. The van der Waals surface area contributed by atoms with Crippen LogP contribution in [0.25, 0.3) is 6.08 Å². The molecule has 0 fully saturated rings. The average Bonchev–Trinajstić information content (AvgIpc) is 3.12. The van der Waals surface area contributed by atoms with Crippen molar-refractivity contribution in [2.24, 2.45) is 0 Å². The van der Waals surface area contributed by atoms with Crippen molar-refractivity contribution in [2.75, 3.05) is 12.4 Å². The van der Waals surface area contributed by atoms with E-state index in [9.17, 15) is 9.18 Å². The minimum Gasteiger partial charge on any atom is -0.436 e. The first-order valence-corrected chi connectivity index (χ1v) is 9.11. The molecule has 0 atom stereocenters. The molecule has 0 radical (unpaired) electrons. The lowest BCUT2D eigenvalue weighted by Crippen LogP contribution is -2.17. The largest absolute Gasteiger partial charge is 0.436 e. The smallest absolute Gasteiger partial charge is 0.251 e. The van der Waals surface area contributed by atoms with E-state index in [1.54, 1.807) is 43.4 Å². The Morgan fingerprint density at radius 2 is 1.93 bits per heavy atom. The van der Waals surface area contributed by atoms with E-state index in [-0.39, 0.29) is 17.5 Å². The van der Waals surface area contributed by atoms with Crippen LogP contribution in [0, 0.1) is 5.82 Å². The van der Waals surface area contributed by atoms with Gasteiger partial charge < -0.3 is 15.4 Å². The van der Waals surface area contributed by atoms with Crippen molar-refractivity contribution in [1.82, 2.24) is 15.3 Å². The summed E-state index contributed by atoms with van der Waals surface area (Å²) in [6.45, 7) is 1.98. The van der Waals surface area contributed by atoms with Gasteiger partial charge in [0.15, 0.2) is 11.6 Å². The third-order valence-electron chi connectivity index (χ3n) is 4.60. The first-order chi connectivity index (χ1) is 14.0. The number of hydrogen-bond acceptors (Lipinski definition) is 5. The van der Waals surface area contributed by atoms with Crippen LogP contribution in [0.4, 0.5) is 15.9 Å². The van der Waals surface area contributed by atoms with Gasteiger partial charge in [-0.1, -0.05) is 17.7 Å². The molecule has 0 aliphatic heterocycles. The third-order valence-corrected chi connectivity index (χ3v) is 4.60. The molecule has 2 N–H and O–H groups in total. The van der Waals surface area contributed by atoms with Crippen molar-refractivity contribution in [3.05, 3.63) is 76.9 Å². The maximum Gasteiger partial charge on any atom is 0.251 e. The highest BCUT2D eigenvalue weighted by Crippen LogP contribution is 2.34. The Balaban J connectivity index is 1.51. The number of ether oxygens (including phenoxy) is 1. The van der Waals surface area contributed by atoms with E-state index in [1.807, 2.05) is 19.1 Å². The molecule has 4 rings (SSSR count). The summed E-state index contributed by atoms with van der Waals surface area (Å²) >= 11 is 0. The normalized spacial score (nSPS) is 12.2. The van der Waals surface area contributed by atoms with E-state index < -0.39 is 5.82 Å². The van der Waals surface area contributed by atoms with Gasteiger partial charge in [0.05, 0.1) is 0 Å². The number of carbonyl (C=O) groups excluding carboxylic acids is 1. The van der Waals surface area contributed by atoms with Crippen LogP contribution in [0.1, 0.15) is 28.4 Å². The summed E-state index contributed by atoms with van der Waals surface area (Å²) in [5, 5.41) is 5.68. The molecular formula is C22H19FN4O2. The van der Waals surface area contributed by atoms with Gasteiger partial charge in [0.2, 0.25) is 5.88 Å². The van der Waals surface area contributed by atoms with Crippen molar-refractivity contribution < 1.29 is 13.9 Å². The van der Waals surface area contributed by atoms with Crippen LogP contribution < -0.4 is 15.4 Å². The van der Waals surface area contributed by atoms with Crippen LogP contribution in [-0.4, -0.2) is 22.9 Å². The number of amides is 1. The molecular weight excluding hydrogens is 371 g/mol. The van der Waals surface area contributed by atoms with Crippen molar-refractivity contribution in [3.63, 3.8) is 0 Å². The molecule has 146 valence electrons. The molecule has 1 heterocycles. The van der Waals surface area contributed by atoms with Crippen LogP contribution in [0.15, 0.2) is 54.4 Å².